The zero-order chi connectivity index (χ0) is 23.5. The van der Waals surface area contributed by atoms with Crippen LogP contribution in [0, 0.1) is 5.82 Å². The number of hydrogen-bond donors (Lipinski definition) is 1. The van der Waals surface area contributed by atoms with E-state index in [-0.39, 0.29) is 5.75 Å². The number of phenolic OH excluding ortho intramolecular Hbond substituents is 1. The minimum absolute atomic E-state index is 0.0828. The molecule has 3 aromatic rings. The largest absolute Gasteiger partial charge is 0.508 e. The van der Waals surface area contributed by atoms with Crippen molar-refractivity contribution in [1.82, 2.24) is 9.97 Å². The summed E-state index contributed by atoms with van der Waals surface area (Å²) in [6, 6.07) is 11.7. The minimum atomic E-state index is -0.448. The molecule has 4 nitrogen and oxygen atoms in total. The maximum Gasteiger partial charge on any atom is 0.151 e. The van der Waals surface area contributed by atoms with E-state index in [1.807, 2.05) is 30.3 Å². The molecule has 3 rings (SSSR count). The van der Waals surface area contributed by atoms with Gasteiger partial charge in [0.05, 0.1) is 6.10 Å². The number of hydrogen-bond acceptors (Lipinski definition) is 4. The number of allylic oxidation sites excluding steroid dienone is 1. The van der Waals surface area contributed by atoms with Crippen LogP contribution in [0.15, 0.2) is 60.9 Å². The van der Waals surface area contributed by atoms with Gasteiger partial charge >= 0.3 is 0 Å². The van der Waals surface area contributed by atoms with Gasteiger partial charge in [0.25, 0.3) is 0 Å². The highest BCUT2D eigenvalue weighted by Crippen LogP contribution is 2.28. The van der Waals surface area contributed by atoms with E-state index in [0.29, 0.717) is 17.5 Å². The van der Waals surface area contributed by atoms with E-state index in [1.165, 1.54) is 18.9 Å². The summed E-state index contributed by atoms with van der Waals surface area (Å²) in [6.07, 6.45) is 14.7. The first-order valence-electron chi connectivity index (χ1n) is 11.8. The third kappa shape index (κ3) is 7.79. The molecule has 0 saturated heterocycles. The number of unbranched alkanes of at least 4 members (excludes halogenated alkanes) is 3. The molecular formula is C28H33FN2O2. The van der Waals surface area contributed by atoms with Crippen LogP contribution in [0.5, 0.6) is 5.75 Å². The van der Waals surface area contributed by atoms with Crippen molar-refractivity contribution in [2.45, 2.75) is 58.5 Å². The number of ether oxygens (including phenoxy) is 1. The summed E-state index contributed by atoms with van der Waals surface area (Å²) >= 11 is 0. The quantitative estimate of drug-likeness (QED) is 0.293. The molecule has 0 amide bonds. The van der Waals surface area contributed by atoms with Crippen LogP contribution in [-0.4, -0.2) is 27.8 Å². The highest BCUT2D eigenvalue weighted by Gasteiger charge is 2.07. The van der Waals surface area contributed by atoms with Crippen LogP contribution in [0.4, 0.5) is 4.39 Å². The third-order valence-corrected chi connectivity index (χ3v) is 5.55. The summed E-state index contributed by atoms with van der Waals surface area (Å²) in [6.45, 7) is 5.21. The Labute approximate surface area is 196 Å². The van der Waals surface area contributed by atoms with Gasteiger partial charge in [-0.05, 0) is 61.9 Å². The highest BCUT2D eigenvalue weighted by molar-refractivity contribution is 5.70. The van der Waals surface area contributed by atoms with Gasteiger partial charge in [0.1, 0.15) is 11.6 Å². The lowest BCUT2D eigenvalue weighted by Crippen LogP contribution is -2.08. The number of rotatable bonds is 12. The first-order valence-corrected chi connectivity index (χ1v) is 11.8. The third-order valence-electron chi connectivity index (χ3n) is 5.55. The predicted molar refractivity (Wildman–Crippen MR) is 132 cm³/mol. The van der Waals surface area contributed by atoms with E-state index >= 15 is 0 Å². The summed E-state index contributed by atoms with van der Waals surface area (Å²) in [4.78, 5) is 8.88. The van der Waals surface area contributed by atoms with Crippen molar-refractivity contribution in [3.63, 3.8) is 0 Å². The maximum absolute atomic E-state index is 14.1. The van der Waals surface area contributed by atoms with Crippen molar-refractivity contribution >= 4 is 6.08 Å². The fraction of sp³-hybridized carbons (Fsp3) is 0.357. The second-order valence-corrected chi connectivity index (χ2v) is 8.29. The topological polar surface area (TPSA) is 55.2 Å². The van der Waals surface area contributed by atoms with Gasteiger partial charge in [-0.1, -0.05) is 50.1 Å². The Kier molecular flexibility index (Phi) is 9.58. The molecule has 2 aromatic carbocycles. The Balaban J connectivity index is 1.48. The van der Waals surface area contributed by atoms with E-state index in [2.05, 4.69) is 29.9 Å². The molecule has 0 aliphatic heterocycles. The molecule has 5 heteroatoms. The number of nitrogens with zero attached hydrogens (tertiary/aromatic N) is 2. The SMILES string of the molecule is CCCCCOC(C)CCCC=Cc1ncc(-c2ccc(-c3ccc(O)cc3F)cc2)cn1. The molecule has 1 aromatic heterocycles. The second kappa shape index (κ2) is 12.9. The van der Waals surface area contributed by atoms with Gasteiger partial charge in [0.2, 0.25) is 0 Å². The summed E-state index contributed by atoms with van der Waals surface area (Å²) in [5.74, 6) is 0.155. The Bertz CT molecular complexity index is 1020. The number of halogens is 1. The standard InChI is InChI=1S/C28H33FN2O2/c1-3-4-8-17-33-21(2)9-6-5-7-10-28-30-19-24(20-31-28)22-11-13-23(14-12-22)26-16-15-25(32)18-27(26)29/h7,10-16,18-21,32H,3-6,8-9,17H2,1-2H3. The summed E-state index contributed by atoms with van der Waals surface area (Å²) in [7, 11) is 0. The second-order valence-electron chi connectivity index (χ2n) is 8.29. The lowest BCUT2D eigenvalue weighted by atomic mass is 10.0. The molecule has 0 aliphatic carbocycles. The van der Waals surface area contributed by atoms with Crippen molar-refractivity contribution in [3.8, 4) is 28.0 Å². The lowest BCUT2D eigenvalue weighted by Gasteiger charge is -2.11. The van der Waals surface area contributed by atoms with Crippen LogP contribution < -0.4 is 0 Å². The fourth-order valence-corrected chi connectivity index (χ4v) is 3.59. The molecule has 0 aliphatic rings. The number of aromatic hydroxyl groups is 1. The van der Waals surface area contributed by atoms with Gasteiger partial charge in [-0.3, -0.25) is 0 Å². The highest BCUT2D eigenvalue weighted by atomic mass is 19.1. The predicted octanol–water partition coefficient (Wildman–Crippen LogP) is 7.43. The van der Waals surface area contributed by atoms with Crippen molar-refractivity contribution in [2.24, 2.45) is 0 Å². The Morgan fingerprint density at radius 3 is 2.39 bits per heavy atom. The van der Waals surface area contributed by atoms with Gasteiger partial charge in [-0.15, -0.1) is 0 Å². The molecule has 1 unspecified atom stereocenters. The van der Waals surface area contributed by atoms with Gasteiger partial charge in [0.15, 0.2) is 5.82 Å². The molecule has 174 valence electrons. The maximum atomic E-state index is 14.1. The van der Waals surface area contributed by atoms with E-state index in [1.54, 1.807) is 18.5 Å². The summed E-state index contributed by atoms with van der Waals surface area (Å²) in [5, 5.41) is 9.38. The zero-order valence-electron chi connectivity index (χ0n) is 19.5. The van der Waals surface area contributed by atoms with Crippen LogP contribution in [-0.2, 0) is 4.74 Å². The molecule has 1 N–H and O–H groups in total. The fourth-order valence-electron chi connectivity index (χ4n) is 3.59. The summed E-state index contributed by atoms with van der Waals surface area (Å²) < 4.78 is 19.9. The molecular weight excluding hydrogens is 415 g/mol. The van der Waals surface area contributed by atoms with E-state index < -0.39 is 5.82 Å². The average Bonchev–Trinajstić information content (AvgIpc) is 2.82. The Hall–Kier alpha value is -3.05. The molecule has 1 atom stereocenters. The van der Waals surface area contributed by atoms with E-state index in [0.717, 1.165) is 55.0 Å². The molecule has 0 spiro atoms. The Morgan fingerprint density at radius 1 is 0.970 bits per heavy atom. The van der Waals surface area contributed by atoms with Crippen LogP contribution >= 0.6 is 0 Å². The number of aromatic nitrogens is 2. The van der Waals surface area contributed by atoms with Gasteiger partial charge in [-0.2, -0.15) is 0 Å². The van der Waals surface area contributed by atoms with Crippen LogP contribution in [0.25, 0.3) is 28.3 Å². The first kappa shape index (κ1) is 24.6. The molecule has 0 radical (unpaired) electrons. The van der Waals surface area contributed by atoms with Crippen molar-refractivity contribution in [2.75, 3.05) is 6.61 Å². The Morgan fingerprint density at radius 2 is 1.70 bits per heavy atom. The average molecular weight is 449 g/mol. The number of benzene rings is 2. The smallest absolute Gasteiger partial charge is 0.151 e. The van der Waals surface area contributed by atoms with Crippen LogP contribution in [0.1, 0.15) is 58.2 Å². The van der Waals surface area contributed by atoms with Crippen LogP contribution in [0.2, 0.25) is 0 Å². The molecule has 33 heavy (non-hydrogen) atoms. The monoisotopic (exact) mass is 448 g/mol. The van der Waals surface area contributed by atoms with E-state index in [9.17, 15) is 9.50 Å². The normalized spacial score (nSPS) is 12.3. The van der Waals surface area contributed by atoms with E-state index in [4.69, 9.17) is 4.74 Å². The zero-order valence-corrected chi connectivity index (χ0v) is 19.5. The van der Waals surface area contributed by atoms with Gasteiger partial charge in [0, 0.05) is 36.2 Å². The first-order chi connectivity index (χ1) is 16.1. The molecule has 0 fully saturated rings. The van der Waals surface area contributed by atoms with Crippen LogP contribution in [0.3, 0.4) is 0 Å². The molecule has 0 bridgehead atoms. The number of phenols is 1. The van der Waals surface area contributed by atoms with Gasteiger partial charge < -0.3 is 9.84 Å². The lowest BCUT2D eigenvalue weighted by molar-refractivity contribution is 0.0566. The minimum Gasteiger partial charge on any atom is -0.508 e. The molecule has 1 heterocycles. The van der Waals surface area contributed by atoms with Crippen molar-refractivity contribution in [3.05, 3.63) is 72.6 Å². The molecule has 0 saturated carbocycles. The summed E-state index contributed by atoms with van der Waals surface area (Å²) in [5.41, 5.74) is 3.06. The van der Waals surface area contributed by atoms with Gasteiger partial charge in [-0.25, -0.2) is 14.4 Å². The van der Waals surface area contributed by atoms with Crippen molar-refractivity contribution < 1.29 is 14.2 Å². The van der Waals surface area contributed by atoms with Crippen molar-refractivity contribution in [1.29, 1.82) is 0 Å².